The molecule has 3 N–H and O–H groups in total. The summed E-state index contributed by atoms with van der Waals surface area (Å²) in [6, 6.07) is 0.183. The molecule has 1 aliphatic rings. The summed E-state index contributed by atoms with van der Waals surface area (Å²) in [5.74, 6) is 0.0509. The minimum absolute atomic E-state index is 0.0509. The number of hydrogen-bond donors (Lipinski definition) is 2. The molecule has 7 nitrogen and oxygen atoms in total. The molecule has 2 rings (SSSR count). The second-order valence-corrected chi connectivity index (χ2v) is 7.27. The van der Waals surface area contributed by atoms with Crippen LogP contribution in [0.25, 0.3) is 0 Å². The van der Waals surface area contributed by atoms with Crippen LogP contribution in [0.1, 0.15) is 33.1 Å². The van der Waals surface area contributed by atoms with Crippen molar-refractivity contribution in [2.45, 2.75) is 50.6 Å². The van der Waals surface area contributed by atoms with Crippen LogP contribution < -0.4 is 10.5 Å². The maximum atomic E-state index is 12.3. The minimum atomic E-state index is -3.60. The molecule has 1 aliphatic heterocycles. The number of piperidine rings is 1. The van der Waals surface area contributed by atoms with Crippen molar-refractivity contribution in [2.24, 2.45) is 0 Å². The molecule has 1 unspecified atom stereocenters. The highest BCUT2D eigenvalue weighted by Gasteiger charge is 2.23. The molecular weight excluding hydrogens is 290 g/mol. The van der Waals surface area contributed by atoms with Crippen LogP contribution in [-0.2, 0) is 16.6 Å². The van der Waals surface area contributed by atoms with E-state index < -0.39 is 10.0 Å². The van der Waals surface area contributed by atoms with E-state index in [0.717, 1.165) is 13.1 Å². The highest BCUT2D eigenvalue weighted by atomic mass is 32.2. The maximum Gasteiger partial charge on any atom is 0.245 e. The van der Waals surface area contributed by atoms with Crippen LogP contribution in [0.15, 0.2) is 11.1 Å². The van der Waals surface area contributed by atoms with Gasteiger partial charge in [-0.25, -0.2) is 13.1 Å². The molecular formula is C13H25N5O2S. The van der Waals surface area contributed by atoms with E-state index >= 15 is 0 Å². The Bertz CT molecular complexity index is 563. The first-order chi connectivity index (χ1) is 9.94. The molecule has 21 heavy (non-hydrogen) atoms. The molecule has 0 radical (unpaired) electrons. The minimum Gasteiger partial charge on any atom is -0.381 e. The highest BCUT2D eigenvalue weighted by molar-refractivity contribution is 7.89. The largest absolute Gasteiger partial charge is 0.381 e. The Morgan fingerprint density at radius 1 is 1.38 bits per heavy atom. The van der Waals surface area contributed by atoms with Gasteiger partial charge in [0.25, 0.3) is 0 Å². The summed E-state index contributed by atoms with van der Waals surface area (Å²) in [5, 5.41) is 3.98. The topological polar surface area (TPSA) is 93.2 Å². The molecule has 0 amide bonds. The molecule has 120 valence electrons. The standard InChI is InChI=1S/C13H25N5O2S/c1-3-18-10-12(13(14)16-18)21(19,20)15-9-11(2)17-7-5-4-6-8-17/h10-11,15H,3-9H2,1-2H3,(H2,14,16). The Morgan fingerprint density at radius 3 is 2.62 bits per heavy atom. The smallest absolute Gasteiger partial charge is 0.245 e. The van der Waals surface area contributed by atoms with Crippen molar-refractivity contribution < 1.29 is 8.42 Å². The zero-order valence-corrected chi connectivity index (χ0v) is 13.6. The summed E-state index contributed by atoms with van der Waals surface area (Å²) >= 11 is 0. The Hall–Kier alpha value is -1.12. The maximum absolute atomic E-state index is 12.3. The summed E-state index contributed by atoms with van der Waals surface area (Å²) in [6.07, 6.45) is 5.12. The number of nitrogens with two attached hydrogens (primary N) is 1. The predicted octanol–water partition coefficient (Wildman–Crippen LogP) is 0.638. The number of nitrogens with zero attached hydrogens (tertiary/aromatic N) is 3. The number of aromatic nitrogens is 2. The molecule has 2 heterocycles. The van der Waals surface area contributed by atoms with Crippen LogP contribution >= 0.6 is 0 Å². The Kier molecular flexibility index (Phi) is 5.23. The van der Waals surface area contributed by atoms with E-state index in [1.807, 2.05) is 13.8 Å². The Balaban J connectivity index is 1.98. The number of hydrogen-bond acceptors (Lipinski definition) is 5. The molecule has 0 bridgehead atoms. The molecule has 1 aromatic rings. The Labute approximate surface area is 126 Å². The van der Waals surface area contributed by atoms with Gasteiger partial charge in [-0.05, 0) is 39.8 Å². The number of sulfonamides is 1. The van der Waals surface area contributed by atoms with Crippen molar-refractivity contribution in [3.05, 3.63) is 6.20 Å². The van der Waals surface area contributed by atoms with Crippen molar-refractivity contribution >= 4 is 15.8 Å². The number of aryl methyl sites for hydroxylation is 1. The first kappa shape index (κ1) is 16.3. The van der Waals surface area contributed by atoms with Gasteiger partial charge in [-0.2, -0.15) is 5.10 Å². The molecule has 0 spiro atoms. The lowest BCUT2D eigenvalue weighted by molar-refractivity contribution is 0.175. The predicted molar refractivity (Wildman–Crippen MR) is 82.4 cm³/mol. The Morgan fingerprint density at radius 2 is 2.05 bits per heavy atom. The molecule has 1 saturated heterocycles. The number of likely N-dealkylation sites (tertiary alicyclic amines) is 1. The number of anilines is 1. The second-order valence-electron chi connectivity index (χ2n) is 5.53. The first-order valence-electron chi connectivity index (χ1n) is 7.50. The van der Waals surface area contributed by atoms with Crippen LogP contribution in [0.2, 0.25) is 0 Å². The fourth-order valence-electron chi connectivity index (χ4n) is 2.58. The summed E-state index contributed by atoms with van der Waals surface area (Å²) < 4.78 is 28.8. The SMILES string of the molecule is CCn1cc(S(=O)(=O)NCC(C)N2CCCCC2)c(N)n1. The van der Waals surface area contributed by atoms with Gasteiger partial charge in [0, 0.05) is 25.3 Å². The van der Waals surface area contributed by atoms with Crippen molar-refractivity contribution in [3.63, 3.8) is 0 Å². The van der Waals surface area contributed by atoms with Gasteiger partial charge in [0.1, 0.15) is 4.90 Å². The molecule has 1 atom stereocenters. The summed E-state index contributed by atoms with van der Waals surface area (Å²) in [7, 11) is -3.60. The fourth-order valence-corrected chi connectivity index (χ4v) is 3.78. The lowest BCUT2D eigenvalue weighted by atomic mass is 10.1. The first-order valence-corrected chi connectivity index (χ1v) is 8.99. The van der Waals surface area contributed by atoms with Gasteiger partial charge in [0.15, 0.2) is 5.82 Å². The van der Waals surface area contributed by atoms with E-state index in [-0.39, 0.29) is 16.8 Å². The second kappa shape index (κ2) is 6.76. The number of rotatable bonds is 6. The lowest BCUT2D eigenvalue weighted by Crippen LogP contribution is -2.44. The van der Waals surface area contributed by atoms with Gasteiger partial charge >= 0.3 is 0 Å². The average Bonchev–Trinajstić information content (AvgIpc) is 2.88. The molecule has 1 fully saturated rings. The van der Waals surface area contributed by atoms with Crippen LogP contribution in [0.4, 0.5) is 5.82 Å². The van der Waals surface area contributed by atoms with E-state index in [0.29, 0.717) is 13.1 Å². The zero-order valence-electron chi connectivity index (χ0n) is 12.7. The molecule has 0 saturated carbocycles. The van der Waals surface area contributed by atoms with E-state index in [1.54, 1.807) is 0 Å². The summed E-state index contributed by atoms with van der Waals surface area (Å²) in [4.78, 5) is 2.39. The summed E-state index contributed by atoms with van der Waals surface area (Å²) in [6.45, 7) is 6.99. The van der Waals surface area contributed by atoms with Gasteiger partial charge in [0.05, 0.1) is 0 Å². The molecule has 0 aromatic carbocycles. The van der Waals surface area contributed by atoms with Crippen molar-refractivity contribution in [2.75, 3.05) is 25.4 Å². The normalized spacial score (nSPS) is 18.8. The van der Waals surface area contributed by atoms with Gasteiger partial charge in [0.2, 0.25) is 10.0 Å². The van der Waals surface area contributed by atoms with E-state index in [9.17, 15) is 8.42 Å². The van der Waals surface area contributed by atoms with Crippen molar-refractivity contribution in [1.82, 2.24) is 19.4 Å². The third kappa shape index (κ3) is 3.96. The fraction of sp³-hybridized carbons (Fsp3) is 0.769. The molecule has 1 aromatic heterocycles. The summed E-state index contributed by atoms with van der Waals surface area (Å²) in [5.41, 5.74) is 5.69. The van der Waals surface area contributed by atoms with Crippen LogP contribution in [0, 0.1) is 0 Å². The third-order valence-electron chi connectivity index (χ3n) is 3.95. The van der Waals surface area contributed by atoms with Crippen LogP contribution in [0.5, 0.6) is 0 Å². The van der Waals surface area contributed by atoms with E-state index in [2.05, 4.69) is 14.7 Å². The van der Waals surface area contributed by atoms with E-state index in [1.165, 1.54) is 30.1 Å². The van der Waals surface area contributed by atoms with E-state index in [4.69, 9.17) is 5.73 Å². The van der Waals surface area contributed by atoms with Crippen LogP contribution in [0.3, 0.4) is 0 Å². The van der Waals surface area contributed by atoms with Gasteiger partial charge in [-0.3, -0.25) is 9.58 Å². The van der Waals surface area contributed by atoms with Crippen molar-refractivity contribution in [3.8, 4) is 0 Å². The highest BCUT2D eigenvalue weighted by Crippen LogP contribution is 2.17. The third-order valence-corrected chi connectivity index (χ3v) is 5.39. The number of nitrogen functional groups attached to an aromatic ring is 1. The van der Waals surface area contributed by atoms with Crippen molar-refractivity contribution in [1.29, 1.82) is 0 Å². The van der Waals surface area contributed by atoms with Crippen LogP contribution in [-0.4, -0.2) is 48.8 Å². The molecule has 0 aliphatic carbocycles. The monoisotopic (exact) mass is 315 g/mol. The lowest BCUT2D eigenvalue weighted by Gasteiger charge is -2.32. The number of nitrogens with one attached hydrogen (secondary N) is 1. The van der Waals surface area contributed by atoms with Gasteiger partial charge in [-0.15, -0.1) is 0 Å². The molecule has 8 heteroatoms. The van der Waals surface area contributed by atoms with Gasteiger partial charge < -0.3 is 5.73 Å². The zero-order chi connectivity index (χ0) is 15.5. The average molecular weight is 315 g/mol. The van der Waals surface area contributed by atoms with Gasteiger partial charge in [-0.1, -0.05) is 6.42 Å². The quantitative estimate of drug-likeness (QED) is 0.803.